The zero-order valence-corrected chi connectivity index (χ0v) is 21.9. The number of aryl methyl sites for hydroxylation is 2. The molecule has 2 aromatic heterocycles. The van der Waals surface area contributed by atoms with Gasteiger partial charge in [0.15, 0.2) is 5.96 Å². The molecule has 1 saturated heterocycles. The number of guanidine groups is 1. The minimum atomic E-state index is -1.08. The predicted octanol–water partition coefficient (Wildman–Crippen LogP) is 2.24. The Kier molecular flexibility index (Phi) is 10.2. The van der Waals surface area contributed by atoms with E-state index in [4.69, 9.17) is 4.74 Å². The normalized spacial score (nSPS) is 18.2. The molecule has 3 rings (SSSR count). The highest BCUT2D eigenvalue weighted by Crippen LogP contribution is 2.28. The van der Waals surface area contributed by atoms with Crippen LogP contribution < -0.4 is 10.6 Å². The van der Waals surface area contributed by atoms with Crippen LogP contribution >= 0.6 is 35.3 Å². The summed E-state index contributed by atoms with van der Waals surface area (Å²) in [5.74, 6) is 0.702. The van der Waals surface area contributed by atoms with Crippen molar-refractivity contribution < 1.29 is 9.84 Å². The first-order valence-corrected chi connectivity index (χ1v) is 11.3. The first-order valence-electron chi connectivity index (χ1n) is 10.5. The molecule has 2 atom stereocenters. The van der Waals surface area contributed by atoms with Crippen LogP contribution in [-0.4, -0.2) is 71.7 Å². The largest absolute Gasteiger partial charge is 0.383 e. The molecule has 0 aromatic carbocycles. The number of hydrogen-bond acceptors (Lipinski definition) is 6. The SMILES string of the molecule is CCNC(=NCC(C)(O)c1cnn(C)c1)NCC(c1ccc(C)s1)N1CCOCC1.I. The second-order valence-corrected chi connectivity index (χ2v) is 9.18. The van der Waals surface area contributed by atoms with Crippen molar-refractivity contribution >= 4 is 41.3 Å². The Morgan fingerprint density at radius 3 is 2.68 bits per heavy atom. The van der Waals surface area contributed by atoms with Gasteiger partial charge in [-0.05, 0) is 32.9 Å². The number of morpholine rings is 1. The number of nitrogens with zero attached hydrogens (tertiary/aromatic N) is 4. The highest BCUT2D eigenvalue weighted by molar-refractivity contribution is 14.0. The third kappa shape index (κ3) is 7.41. The summed E-state index contributed by atoms with van der Waals surface area (Å²) in [4.78, 5) is 9.79. The number of aromatic nitrogens is 2. The number of halogens is 1. The highest BCUT2D eigenvalue weighted by atomic mass is 127. The Labute approximate surface area is 206 Å². The van der Waals surface area contributed by atoms with E-state index in [2.05, 4.69) is 44.7 Å². The summed E-state index contributed by atoms with van der Waals surface area (Å²) in [6, 6.07) is 4.66. The van der Waals surface area contributed by atoms with Crippen molar-refractivity contribution in [3.63, 3.8) is 0 Å². The number of rotatable bonds is 8. The Bertz CT molecular complexity index is 831. The zero-order valence-electron chi connectivity index (χ0n) is 18.8. The monoisotopic (exact) mass is 562 g/mol. The van der Waals surface area contributed by atoms with Gasteiger partial charge in [0, 0.05) is 54.7 Å². The van der Waals surface area contributed by atoms with E-state index in [1.807, 2.05) is 31.5 Å². The van der Waals surface area contributed by atoms with E-state index in [0.29, 0.717) is 5.96 Å². The second kappa shape index (κ2) is 12.1. The topological polar surface area (TPSA) is 86.9 Å². The second-order valence-electron chi connectivity index (χ2n) is 7.87. The highest BCUT2D eigenvalue weighted by Gasteiger charge is 2.26. The van der Waals surface area contributed by atoms with Crippen LogP contribution in [0.15, 0.2) is 29.5 Å². The summed E-state index contributed by atoms with van der Waals surface area (Å²) < 4.78 is 7.23. The summed E-state index contributed by atoms with van der Waals surface area (Å²) in [5, 5.41) is 21.8. The summed E-state index contributed by atoms with van der Waals surface area (Å²) in [6.45, 7) is 11.1. The average Bonchev–Trinajstić information content (AvgIpc) is 3.36. The van der Waals surface area contributed by atoms with E-state index < -0.39 is 5.60 Å². The van der Waals surface area contributed by atoms with Crippen LogP contribution in [0.3, 0.4) is 0 Å². The maximum Gasteiger partial charge on any atom is 0.191 e. The molecule has 0 radical (unpaired) electrons. The predicted molar refractivity (Wildman–Crippen MR) is 136 cm³/mol. The Balaban J connectivity index is 0.00000341. The number of ether oxygens (including phenoxy) is 1. The van der Waals surface area contributed by atoms with Gasteiger partial charge >= 0.3 is 0 Å². The minimum absolute atomic E-state index is 0. The summed E-state index contributed by atoms with van der Waals surface area (Å²) in [5.41, 5.74) is -0.324. The van der Waals surface area contributed by atoms with Crippen LogP contribution in [0, 0.1) is 6.92 Å². The first kappa shape index (κ1) is 26.0. The number of aliphatic imine (C=N–C) groups is 1. The molecular formula is C21H35IN6O2S. The van der Waals surface area contributed by atoms with Crippen molar-refractivity contribution in [3.8, 4) is 0 Å². The van der Waals surface area contributed by atoms with E-state index in [0.717, 1.165) is 45.0 Å². The third-order valence-electron chi connectivity index (χ3n) is 5.25. The molecule has 1 fully saturated rings. The fourth-order valence-electron chi connectivity index (χ4n) is 3.49. The molecule has 0 amide bonds. The fourth-order valence-corrected chi connectivity index (χ4v) is 4.50. The lowest BCUT2D eigenvalue weighted by Gasteiger charge is -2.34. The molecule has 0 spiro atoms. The lowest BCUT2D eigenvalue weighted by Crippen LogP contribution is -2.46. The van der Waals surface area contributed by atoms with E-state index in [9.17, 15) is 5.11 Å². The van der Waals surface area contributed by atoms with Crippen molar-refractivity contribution in [2.75, 3.05) is 45.9 Å². The van der Waals surface area contributed by atoms with Gasteiger partial charge in [0.05, 0.1) is 32.0 Å². The zero-order chi connectivity index (χ0) is 21.6. The molecule has 31 heavy (non-hydrogen) atoms. The van der Waals surface area contributed by atoms with Gasteiger partial charge < -0.3 is 20.5 Å². The van der Waals surface area contributed by atoms with Crippen LogP contribution in [0.25, 0.3) is 0 Å². The van der Waals surface area contributed by atoms with Crippen molar-refractivity contribution in [1.29, 1.82) is 0 Å². The van der Waals surface area contributed by atoms with Crippen molar-refractivity contribution in [2.24, 2.45) is 12.0 Å². The molecule has 0 saturated carbocycles. The van der Waals surface area contributed by atoms with Gasteiger partial charge in [-0.25, -0.2) is 4.99 Å². The molecule has 3 N–H and O–H groups in total. The summed E-state index contributed by atoms with van der Waals surface area (Å²) >= 11 is 1.84. The van der Waals surface area contributed by atoms with E-state index in [1.54, 1.807) is 17.8 Å². The number of nitrogens with one attached hydrogen (secondary N) is 2. The smallest absolute Gasteiger partial charge is 0.191 e. The molecule has 10 heteroatoms. The molecule has 2 unspecified atom stereocenters. The molecular weight excluding hydrogens is 527 g/mol. The Morgan fingerprint density at radius 1 is 1.35 bits per heavy atom. The van der Waals surface area contributed by atoms with Gasteiger partial charge in [0.1, 0.15) is 5.60 Å². The van der Waals surface area contributed by atoms with Gasteiger partial charge in [-0.3, -0.25) is 9.58 Å². The van der Waals surface area contributed by atoms with Gasteiger partial charge in [-0.1, -0.05) is 0 Å². The van der Waals surface area contributed by atoms with Crippen LogP contribution in [0.5, 0.6) is 0 Å². The molecule has 174 valence electrons. The lowest BCUT2D eigenvalue weighted by molar-refractivity contribution is 0.0177. The Hall–Kier alpha value is -1.21. The molecule has 0 bridgehead atoms. The molecule has 0 aliphatic carbocycles. The summed E-state index contributed by atoms with van der Waals surface area (Å²) in [7, 11) is 1.84. The Morgan fingerprint density at radius 2 is 2.10 bits per heavy atom. The summed E-state index contributed by atoms with van der Waals surface area (Å²) in [6.07, 6.45) is 3.51. The molecule has 1 aliphatic heterocycles. The number of hydrogen-bond donors (Lipinski definition) is 3. The van der Waals surface area contributed by atoms with Crippen LogP contribution in [-0.2, 0) is 17.4 Å². The van der Waals surface area contributed by atoms with Gasteiger partial charge in [0.25, 0.3) is 0 Å². The molecule has 8 nitrogen and oxygen atoms in total. The average molecular weight is 563 g/mol. The minimum Gasteiger partial charge on any atom is -0.383 e. The molecule has 1 aliphatic rings. The molecule has 2 aromatic rings. The number of thiophene rings is 1. The molecule has 3 heterocycles. The van der Waals surface area contributed by atoms with Gasteiger partial charge in [0.2, 0.25) is 0 Å². The van der Waals surface area contributed by atoms with Crippen LogP contribution in [0.1, 0.15) is 35.2 Å². The van der Waals surface area contributed by atoms with Crippen molar-refractivity contribution in [3.05, 3.63) is 39.8 Å². The lowest BCUT2D eigenvalue weighted by atomic mass is 10.0. The standard InChI is InChI=1S/C21H34N6O2S.HI/c1-5-22-20(24-15-21(3,28)17-12-25-26(4)14-17)23-13-18(19-7-6-16(2)30-19)27-8-10-29-11-9-27;/h6-7,12,14,18,28H,5,8-11,13,15H2,1-4H3,(H2,22,23,24);1H. The van der Waals surface area contributed by atoms with E-state index >= 15 is 0 Å². The van der Waals surface area contributed by atoms with E-state index in [1.165, 1.54) is 9.75 Å². The van der Waals surface area contributed by atoms with Crippen molar-refractivity contribution in [1.82, 2.24) is 25.3 Å². The quantitative estimate of drug-likeness (QED) is 0.260. The maximum absolute atomic E-state index is 10.8. The van der Waals surface area contributed by atoms with Gasteiger partial charge in [-0.15, -0.1) is 35.3 Å². The van der Waals surface area contributed by atoms with Crippen LogP contribution in [0.4, 0.5) is 0 Å². The third-order valence-corrected chi connectivity index (χ3v) is 6.36. The van der Waals surface area contributed by atoms with Gasteiger partial charge in [-0.2, -0.15) is 5.10 Å². The van der Waals surface area contributed by atoms with Crippen LogP contribution in [0.2, 0.25) is 0 Å². The fraction of sp³-hybridized carbons (Fsp3) is 0.619. The maximum atomic E-state index is 10.8. The number of aliphatic hydroxyl groups is 1. The first-order chi connectivity index (χ1) is 14.4. The van der Waals surface area contributed by atoms with Crippen molar-refractivity contribution in [2.45, 2.75) is 32.4 Å². The van der Waals surface area contributed by atoms with E-state index in [-0.39, 0.29) is 36.6 Å².